The molecule has 0 aromatic heterocycles. The molecule has 0 saturated heterocycles. The average molecular weight is 236 g/mol. The first-order valence-electron chi connectivity index (χ1n) is 5.85. The number of carbonyl (C=O) groups excluding carboxylic acids is 1. The Morgan fingerprint density at radius 1 is 1.22 bits per heavy atom. The molecule has 3 nitrogen and oxygen atoms in total. The Morgan fingerprint density at radius 2 is 2.06 bits per heavy atom. The molecular formula is C15H12N2O. The molecule has 1 N–H and O–H groups in total. The monoisotopic (exact) mass is 236 g/mol. The second-order valence-corrected chi connectivity index (χ2v) is 4.17. The van der Waals surface area contributed by atoms with Crippen molar-refractivity contribution in [3.63, 3.8) is 0 Å². The zero-order valence-electron chi connectivity index (χ0n) is 9.76. The molecule has 1 amide bonds. The average Bonchev–Trinajstić information content (AvgIpc) is 2.87. The number of amides is 1. The molecule has 0 spiro atoms. The van der Waals surface area contributed by atoms with E-state index in [0.717, 1.165) is 23.4 Å². The van der Waals surface area contributed by atoms with E-state index in [9.17, 15) is 4.79 Å². The van der Waals surface area contributed by atoms with Gasteiger partial charge >= 0.3 is 0 Å². The number of aliphatic imine (C=N–C) groups is 1. The first-order chi connectivity index (χ1) is 8.83. The molecule has 0 radical (unpaired) electrons. The lowest BCUT2D eigenvalue weighted by atomic mass is 10.0. The van der Waals surface area contributed by atoms with Gasteiger partial charge in [-0.15, -0.1) is 0 Å². The topological polar surface area (TPSA) is 41.5 Å². The Morgan fingerprint density at radius 3 is 2.89 bits per heavy atom. The molecule has 3 heteroatoms. The van der Waals surface area contributed by atoms with Crippen molar-refractivity contribution >= 4 is 11.6 Å². The van der Waals surface area contributed by atoms with Gasteiger partial charge in [0.1, 0.15) is 0 Å². The minimum absolute atomic E-state index is 0.0823. The van der Waals surface area contributed by atoms with E-state index in [1.807, 2.05) is 36.4 Å². The van der Waals surface area contributed by atoms with Gasteiger partial charge in [0.2, 0.25) is 0 Å². The summed E-state index contributed by atoms with van der Waals surface area (Å²) in [5.74, 6) is -0.0823. The summed E-state index contributed by atoms with van der Waals surface area (Å²) in [5, 5.41) is 2.90. The summed E-state index contributed by atoms with van der Waals surface area (Å²) in [5.41, 5.74) is 3.65. The van der Waals surface area contributed by atoms with Crippen LogP contribution < -0.4 is 5.32 Å². The first-order valence-corrected chi connectivity index (χ1v) is 5.85. The number of carbonyl (C=O) groups is 1. The van der Waals surface area contributed by atoms with Crippen LogP contribution in [-0.4, -0.2) is 11.6 Å². The van der Waals surface area contributed by atoms with E-state index in [1.54, 1.807) is 18.3 Å². The van der Waals surface area contributed by atoms with E-state index in [0.29, 0.717) is 5.56 Å². The summed E-state index contributed by atoms with van der Waals surface area (Å²) < 4.78 is 0. The predicted molar refractivity (Wildman–Crippen MR) is 71.3 cm³/mol. The van der Waals surface area contributed by atoms with E-state index >= 15 is 0 Å². The molecule has 2 aliphatic rings. The van der Waals surface area contributed by atoms with Crippen molar-refractivity contribution in [2.45, 2.75) is 6.42 Å². The highest BCUT2D eigenvalue weighted by Gasteiger charge is 2.14. The van der Waals surface area contributed by atoms with Gasteiger partial charge in [-0.2, -0.15) is 0 Å². The lowest BCUT2D eigenvalue weighted by Crippen LogP contribution is -2.23. The molecule has 3 rings (SSSR count). The number of benzene rings is 1. The van der Waals surface area contributed by atoms with Gasteiger partial charge in [-0.1, -0.05) is 24.3 Å². The molecule has 1 aromatic rings. The maximum absolute atomic E-state index is 12.0. The fourth-order valence-corrected chi connectivity index (χ4v) is 1.99. The fourth-order valence-electron chi connectivity index (χ4n) is 1.99. The molecule has 1 heterocycles. The molecule has 0 bridgehead atoms. The predicted octanol–water partition coefficient (Wildman–Crippen LogP) is 2.60. The smallest absolute Gasteiger partial charge is 0.255 e. The van der Waals surface area contributed by atoms with Crippen molar-refractivity contribution in [1.82, 2.24) is 5.32 Å². The molecule has 1 aliphatic carbocycles. The van der Waals surface area contributed by atoms with Crippen LogP contribution in [0.1, 0.15) is 16.8 Å². The third kappa shape index (κ3) is 2.02. The van der Waals surface area contributed by atoms with Crippen molar-refractivity contribution in [1.29, 1.82) is 0 Å². The Labute approximate surface area is 105 Å². The molecule has 0 unspecified atom stereocenters. The van der Waals surface area contributed by atoms with Gasteiger partial charge in [-0.25, -0.2) is 0 Å². The zero-order valence-corrected chi connectivity index (χ0v) is 9.76. The Bertz CT molecular complexity index is 607. The van der Waals surface area contributed by atoms with Crippen LogP contribution in [0.3, 0.4) is 0 Å². The van der Waals surface area contributed by atoms with Crippen LogP contribution in [0.5, 0.6) is 0 Å². The largest absolute Gasteiger partial charge is 0.322 e. The minimum Gasteiger partial charge on any atom is -0.322 e. The van der Waals surface area contributed by atoms with Crippen LogP contribution in [0.4, 0.5) is 0 Å². The molecule has 18 heavy (non-hydrogen) atoms. The number of nitrogens with one attached hydrogen (secondary N) is 1. The van der Waals surface area contributed by atoms with E-state index < -0.39 is 0 Å². The Hall–Kier alpha value is -2.42. The second-order valence-electron chi connectivity index (χ2n) is 4.17. The van der Waals surface area contributed by atoms with Crippen LogP contribution in [-0.2, 0) is 0 Å². The molecule has 1 aliphatic heterocycles. The van der Waals surface area contributed by atoms with Gasteiger partial charge in [-0.05, 0) is 29.9 Å². The first kappa shape index (κ1) is 10.7. The SMILES string of the molecule is O=C(NC1=CCC2=NC=CC2=C1)c1ccccc1. The maximum Gasteiger partial charge on any atom is 0.255 e. The highest BCUT2D eigenvalue weighted by atomic mass is 16.1. The Kier molecular flexibility index (Phi) is 2.65. The van der Waals surface area contributed by atoms with Gasteiger partial charge in [0.15, 0.2) is 0 Å². The quantitative estimate of drug-likeness (QED) is 0.842. The number of fused-ring (bicyclic) bond motifs is 1. The van der Waals surface area contributed by atoms with E-state index in [-0.39, 0.29) is 5.91 Å². The van der Waals surface area contributed by atoms with Crippen LogP contribution >= 0.6 is 0 Å². The standard InChI is InChI=1S/C15H12N2O/c18-15(11-4-2-1-3-5-11)17-13-6-7-14-12(10-13)8-9-16-14/h1-6,8-10H,7H2,(H,17,18). The third-order valence-corrected chi connectivity index (χ3v) is 2.94. The van der Waals surface area contributed by atoms with Crippen LogP contribution in [0.25, 0.3) is 0 Å². The normalized spacial score (nSPS) is 16.6. The fraction of sp³-hybridized carbons (Fsp3) is 0.0667. The van der Waals surface area contributed by atoms with Gasteiger partial charge in [-0.3, -0.25) is 9.79 Å². The van der Waals surface area contributed by atoms with Crippen LogP contribution in [0, 0.1) is 0 Å². The van der Waals surface area contributed by atoms with E-state index in [4.69, 9.17) is 0 Å². The number of rotatable bonds is 2. The molecule has 88 valence electrons. The summed E-state index contributed by atoms with van der Waals surface area (Å²) in [4.78, 5) is 16.2. The van der Waals surface area contributed by atoms with Gasteiger partial charge in [0.25, 0.3) is 5.91 Å². The van der Waals surface area contributed by atoms with Crippen molar-refractivity contribution in [2.75, 3.05) is 0 Å². The summed E-state index contributed by atoms with van der Waals surface area (Å²) in [7, 11) is 0. The van der Waals surface area contributed by atoms with Gasteiger partial charge < -0.3 is 5.32 Å². The van der Waals surface area contributed by atoms with Crippen molar-refractivity contribution in [3.05, 3.63) is 71.6 Å². The minimum atomic E-state index is -0.0823. The number of hydrogen-bond acceptors (Lipinski definition) is 2. The summed E-state index contributed by atoms with van der Waals surface area (Å²) in [6, 6.07) is 9.20. The van der Waals surface area contributed by atoms with E-state index in [2.05, 4.69) is 10.3 Å². The lowest BCUT2D eigenvalue weighted by molar-refractivity contribution is 0.0967. The van der Waals surface area contributed by atoms with Gasteiger partial charge in [0, 0.05) is 23.9 Å². The van der Waals surface area contributed by atoms with Gasteiger partial charge in [0.05, 0.1) is 5.71 Å². The lowest BCUT2D eigenvalue weighted by Gasteiger charge is -2.12. The number of allylic oxidation sites excluding steroid dienone is 4. The van der Waals surface area contributed by atoms with Crippen molar-refractivity contribution in [2.24, 2.45) is 4.99 Å². The molecule has 0 atom stereocenters. The highest BCUT2D eigenvalue weighted by molar-refractivity contribution is 6.07. The second kappa shape index (κ2) is 4.45. The summed E-state index contributed by atoms with van der Waals surface area (Å²) in [6.07, 6.45) is 8.44. The molecule has 1 aromatic carbocycles. The van der Waals surface area contributed by atoms with Crippen LogP contribution in [0.2, 0.25) is 0 Å². The zero-order chi connectivity index (χ0) is 12.4. The van der Waals surface area contributed by atoms with E-state index in [1.165, 1.54) is 0 Å². The molecular weight excluding hydrogens is 224 g/mol. The third-order valence-electron chi connectivity index (χ3n) is 2.94. The van der Waals surface area contributed by atoms with Crippen molar-refractivity contribution in [3.8, 4) is 0 Å². The van der Waals surface area contributed by atoms with Crippen LogP contribution in [0.15, 0.2) is 71.0 Å². The Balaban J connectivity index is 1.75. The summed E-state index contributed by atoms with van der Waals surface area (Å²) in [6.45, 7) is 0. The number of nitrogens with zero attached hydrogens (tertiary/aromatic N) is 1. The highest BCUT2D eigenvalue weighted by Crippen LogP contribution is 2.19. The number of hydrogen-bond donors (Lipinski definition) is 1. The summed E-state index contributed by atoms with van der Waals surface area (Å²) >= 11 is 0. The molecule has 0 fully saturated rings. The maximum atomic E-state index is 12.0. The molecule has 0 saturated carbocycles. The van der Waals surface area contributed by atoms with Crippen molar-refractivity contribution < 1.29 is 4.79 Å².